The van der Waals surface area contributed by atoms with Crippen LogP contribution in [-0.4, -0.2) is 17.1 Å². The van der Waals surface area contributed by atoms with Crippen LogP contribution in [0.3, 0.4) is 0 Å². The molecular weight excluding hydrogens is 197 g/mol. The first-order valence-corrected chi connectivity index (χ1v) is 4.92. The molecule has 1 rings (SSSR count). The van der Waals surface area contributed by atoms with Crippen LogP contribution in [0.4, 0.5) is 10.2 Å². The Morgan fingerprint density at radius 2 is 2.13 bits per heavy atom. The van der Waals surface area contributed by atoms with Gasteiger partial charge in [-0.3, -0.25) is 0 Å². The Labute approximate surface area is 88.7 Å². The van der Waals surface area contributed by atoms with E-state index < -0.39 is 5.82 Å². The topological polar surface area (TPSA) is 61.0 Å². The number of methoxy groups -OCH3 is 1. The van der Waals surface area contributed by atoms with Crippen LogP contribution in [0, 0.1) is 12.7 Å². The monoisotopic (exact) mass is 213 g/mol. The number of anilines is 1. The third-order valence-corrected chi connectivity index (χ3v) is 2.18. The van der Waals surface area contributed by atoms with Gasteiger partial charge in [-0.15, -0.1) is 0 Å². The summed E-state index contributed by atoms with van der Waals surface area (Å²) in [5.41, 5.74) is 5.69. The Morgan fingerprint density at radius 3 is 2.60 bits per heavy atom. The number of ether oxygens (including phenoxy) is 1. The minimum Gasteiger partial charge on any atom is -0.381 e. The van der Waals surface area contributed by atoms with Crippen LogP contribution in [0.2, 0.25) is 0 Å². The van der Waals surface area contributed by atoms with Crippen LogP contribution in [0.15, 0.2) is 0 Å². The summed E-state index contributed by atoms with van der Waals surface area (Å²) in [5.74, 6) is -0.212. The van der Waals surface area contributed by atoms with Gasteiger partial charge < -0.3 is 10.5 Å². The number of nitrogens with zero attached hydrogens (tertiary/aromatic N) is 2. The molecule has 1 heterocycles. The number of hydrogen-bond acceptors (Lipinski definition) is 4. The third-order valence-electron chi connectivity index (χ3n) is 2.18. The number of nitrogens with two attached hydrogens (primary N) is 1. The van der Waals surface area contributed by atoms with E-state index in [-0.39, 0.29) is 17.6 Å². The number of nitrogen functional groups attached to an aromatic ring is 1. The number of aromatic nitrogens is 2. The summed E-state index contributed by atoms with van der Waals surface area (Å²) in [6.45, 7) is 3.60. The Kier molecular flexibility index (Phi) is 3.96. The molecule has 1 unspecified atom stereocenters. The van der Waals surface area contributed by atoms with E-state index in [1.807, 2.05) is 6.92 Å². The highest BCUT2D eigenvalue weighted by Gasteiger charge is 2.16. The second-order valence-electron chi connectivity index (χ2n) is 3.38. The zero-order valence-corrected chi connectivity index (χ0v) is 9.25. The van der Waals surface area contributed by atoms with E-state index in [2.05, 4.69) is 9.97 Å². The minimum atomic E-state index is -0.551. The molecule has 0 aliphatic heterocycles. The van der Waals surface area contributed by atoms with E-state index in [0.29, 0.717) is 5.82 Å². The summed E-state index contributed by atoms with van der Waals surface area (Å²) in [5, 5.41) is 0. The standard InChI is InChI=1S/C10H16FN3O/c1-4-5-7(15-3)10-13-6(2)8(11)9(12)14-10/h7H,4-5H2,1-3H3,(H2,12,13,14). The first kappa shape index (κ1) is 11.8. The van der Waals surface area contributed by atoms with Crippen molar-refractivity contribution in [2.24, 2.45) is 0 Å². The zero-order valence-electron chi connectivity index (χ0n) is 9.25. The van der Waals surface area contributed by atoms with Crippen LogP contribution in [0.1, 0.15) is 37.4 Å². The molecule has 0 spiro atoms. The predicted octanol–water partition coefficient (Wildman–Crippen LogP) is 1.99. The predicted molar refractivity (Wildman–Crippen MR) is 55.8 cm³/mol. The van der Waals surface area contributed by atoms with Crippen molar-refractivity contribution in [1.29, 1.82) is 0 Å². The van der Waals surface area contributed by atoms with Crippen LogP contribution in [0.25, 0.3) is 0 Å². The second kappa shape index (κ2) is 5.02. The molecule has 1 aromatic heterocycles. The van der Waals surface area contributed by atoms with Gasteiger partial charge in [0.1, 0.15) is 6.10 Å². The molecule has 2 N–H and O–H groups in total. The number of halogens is 1. The van der Waals surface area contributed by atoms with Gasteiger partial charge in [-0.25, -0.2) is 14.4 Å². The highest BCUT2D eigenvalue weighted by molar-refractivity contribution is 5.32. The molecule has 1 atom stereocenters. The highest BCUT2D eigenvalue weighted by atomic mass is 19.1. The largest absolute Gasteiger partial charge is 0.381 e. The summed E-state index contributed by atoms with van der Waals surface area (Å²) in [4.78, 5) is 7.92. The van der Waals surface area contributed by atoms with E-state index in [1.54, 1.807) is 14.0 Å². The van der Waals surface area contributed by atoms with Crippen LogP contribution >= 0.6 is 0 Å². The van der Waals surface area contributed by atoms with Crippen molar-refractivity contribution in [2.45, 2.75) is 32.8 Å². The lowest BCUT2D eigenvalue weighted by Crippen LogP contribution is -2.11. The van der Waals surface area contributed by atoms with Gasteiger partial charge in [-0.2, -0.15) is 0 Å². The molecule has 84 valence electrons. The maximum absolute atomic E-state index is 13.2. The van der Waals surface area contributed by atoms with Crippen molar-refractivity contribution < 1.29 is 9.13 Å². The summed E-state index contributed by atoms with van der Waals surface area (Å²) in [6.07, 6.45) is 1.52. The number of rotatable bonds is 4. The van der Waals surface area contributed by atoms with Gasteiger partial charge in [-0.05, 0) is 13.3 Å². The smallest absolute Gasteiger partial charge is 0.186 e. The SMILES string of the molecule is CCCC(OC)c1nc(C)c(F)c(N)n1. The second-order valence-corrected chi connectivity index (χ2v) is 3.38. The number of hydrogen-bond donors (Lipinski definition) is 1. The van der Waals surface area contributed by atoms with E-state index >= 15 is 0 Å². The fourth-order valence-electron chi connectivity index (χ4n) is 1.36. The van der Waals surface area contributed by atoms with E-state index in [0.717, 1.165) is 12.8 Å². The van der Waals surface area contributed by atoms with Gasteiger partial charge in [0.2, 0.25) is 0 Å². The fourth-order valence-corrected chi connectivity index (χ4v) is 1.36. The molecule has 0 radical (unpaired) electrons. The first-order chi connectivity index (χ1) is 7.10. The number of aryl methyl sites for hydroxylation is 1. The van der Waals surface area contributed by atoms with Crippen LogP contribution in [0.5, 0.6) is 0 Å². The van der Waals surface area contributed by atoms with Gasteiger partial charge in [0.05, 0.1) is 5.69 Å². The lowest BCUT2D eigenvalue weighted by molar-refractivity contribution is 0.0874. The van der Waals surface area contributed by atoms with E-state index in [4.69, 9.17) is 10.5 Å². The molecule has 5 heteroatoms. The quantitative estimate of drug-likeness (QED) is 0.830. The summed E-state index contributed by atoms with van der Waals surface area (Å²) in [7, 11) is 1.58. The third kappa shape index (κ3) is 2.62. The maximum Gasteiger partial charge on any atom is 0.186 e. The maximum atomic E-state index is 13.2. The van der Waals surface area contributed by atoms with Gasteiger partial charge in [0.25, 0.3) is 0 Å². The molecule has 0 aliphatic carbocycles. The van der Waals surface area contributed by atoms with Gasteiger partial charge in [0.15, 0.2) is 17.5 Å². The van der Waals surface area contributed by atoms with Crippen molar-refractivity contribution in [3.63, 3.8) is 0 Å². The highest BCUT2D eigenvalue weighted by Crippen LogP contribution is 2.21. The fraction of sp³-hybridized carbons (Fsp3) is 0.600. The Bertz CT molecular complexity index is 320. The molecule has 0 saturated heterocycles. The molecule has 0 saturated carbocycles. The van der Waals surface area contributed by atoms with E-state index in [1.165, 1.54) is 0 Å². The molecule has 0 aliphatic rings. The summed E-state index contributed by atoms with van der Waals surface area (Å²) < 4.78 is 18.4. The average Bonchev–Trinajstić information content (AvgIpc) is 2.22. The molecule has 0 fully saturated rings. The van der Waals surface area contributed by atoms with Crippen molar-refractivity contribution in [3.05, 3.63) is 17.3 Å². The van der Waals surface area contributed by atoms with Crippen molar-refractivity contribution in [3.8, 4) is 0 Å². The molecule has 1 aromatic rings. The molecule has 0 amide bonds. The Balaban J connectivity index is 3.03. The Morgan fingerprint density at radius 1 is 1.47 bits per heavy atom. The van der Waals surface area contributed by atoms with Gasteiger partial charge in [0, 0.05) is 7.11 Å². The molecule has 15 heavy (non-hydrogen) atoms. The molecule has 0 bridgehead atoms. The first-order valence-electron chi connectivity index (χ1n) is 4.92. The Hall–Kier alpha value is -1.23. The zero-order chi connectivity index (χ0) is 11.4. The average molecular weight is 213 g/mol. The van der Waals surface area contributed by atoms with Crippen molar-refractivity contribution >= 4 is 5.82 Å². The molecule has 0 aromatic carbocycles. The molecular formula is C10H16FN3O. The van der Waals surface area contributed by atoms with Crippen molar-refractivity contribution in [2.75, 3.05) is 12.8 Å². The lowest BCUT2D eigenvalue weighted by atomic mass is 10.2. The summed E-state index contributed by atoms with van der Waals surface area (Å²) in [6, 6.07) is 0. The van der Waals surface area contributed by atoms with Gasteiger partial charge in [-0.1, -0.05) is 13.3 Å². The van der Waals surface area contributed by atoms with Crippen molar-refractivity contribution in [1.82, 2.24) is 9.97 Å². The van der Waals surface area contributed by atoms with Crippen LogP contribution < -0.4 is 5.73 Å². The minimum absolute atomic E-state index is 0.115. The van der Waals surface area contributed by atoms with E-state index in [9.17, 15) is 4.39 Å². The molecule has 4 nitrogen and oxygen atoms in total. The van der Waals surface area contributed by atoms with Gasteiger partial charge >= 0.3 is 0 Å². The normalized spacial score (nSPS) is 12.8. The summed E-state index contributed by atoms with van der Waals surface area (Å²) >= 11 is 0. The lowest BCUT2D eigenvalue weighted by Gasteiger charge is -2.14. The van der Waals surface area contributed by atoms with Crippen LogP contribution in [-0.2, 0) is 4.74 Å².